The lowest BCUT2D eigenvalue weighted by Crippen LogP contribution is -2.48. The van der Waals surface area contributed by atoms with Gasteiger partial charge in [-0.2, -0.15) is 4.91 Å². The number of likely N-dealkylation sites (N-methyl/N-ethyl adjacent to an activating group) is 1. The first-order chi connectivity index (χ1) is 19.9. The quantitative estimate of drug-likeness (QED) is 0.250. The Bertz CT molecular complexity index is 1020. The number of nitrogens with zero attached hydrogens (tertiary/aromatic N) is 2. The first-order valence-corrected chi connectivity index (χ1v) is 17.2. The monoisotopic (exact) mass is 585 g/mol. The van der Waals surface area contributed by atoms with E-state index in [0.29, 0.717) is 18.4 Å². The lowest BCUT2D eigenvalue weighted by Gasteiger charge is -2.30. The molecular weight excluding hydrogens is 530 g/mol. The number of carbonyl (C=O) groups excluding carboxylic acids is 1. The molecule has 1 saturated heterocycles. The van der Waals surface area contributed by atoms with Crippen LogP contribution in [0.25, 0.3) is 5.57 Å². The molecule has 4 aliphatic rings. The number of amides is 1. The number of allylic oxidation sites excluding steroid dienone is 2. The zero-order valence-corrected chi connectivity index (χ0v) is 27.3. The molecule has 0 radical (unpaired) electrons. The zero-order chi connectivity index (χ0) is 29.9. The summed E-state index contributed by atoms with van der Waals surface area (Å²) < 4.78 is 2.12. The largest absolute Gasteiger partial charge is 0.396 e. The number of rotatable bonds is 7. The van der Waals surface area contributed by atoms with Crippen LogP contribution in [-0.4, -0.2) is 52.3 Å². The third-order valence-corrected chi connectivity index (χ3v) is 10.9. The van der Waals surface area contributed by atoms with Gasteiger partial charge in [0.15, 0.2) is 0 Å². The molecule has 5 atom stereocenters. The van der Waals surface area contributed by atoms with Crippen LogP contribution in [0, 0.1) is 23.7 Å². The second-order valence-corrected chi connectivity index (χ2v) is 13.3. The highest BCUT2D eigenvalue weighted by atomic mass is 32.2. The van der Waals surface area contributed by atoms with Gasteiger partial charge in [-0.3, -0.25) is 4.79 Å². The van der Waals surface area contributed by atoms with Crippen LogP contribution in [0.4, 0.5) is 0 Å². The molecule has 1 aliphatic heterocycles. The smallest absolute Gasteiger partial charge is 0.238 e. The highest BCUT2D eigenvalue weighted by molar-refractivity contribution is 7.98. The number of fused-ring (bicyclic) bond motifs is 2. The fourth-order valence-electron chi connectivity index (χ4n) is 7.18. The maximum absolute atomic E-state index is 12.5. The number of nitrogens with one attached hydrogen (secondary N) is 1. The van der Waals surface area contributed by atoms with Gasteiger partial charge in [0.1, 0.15) is 12.1 Å². The molecule has 41 heavy (non-hydrogen) atoms. The predicted octanol–water partition coefficient (Wildman–Crippen LogP) is 8.02. The minimum absolute atomic E-state index is 0.0459. The number of aliphatic hydroxyl groups excluding tert-OH is 1. The van der Waals surface area contributed by atoms with E-state index in [1.165, 1.54) is 69.8 Å². The number of hydrogen-bond acceptors (Lipinski definition) is 6. The average molecular weight is 586 g/mol. The van der Waals surface area contributed by atoms with Gasteiger partial charge < -0.3 is 10.4 Å². The van der Waals surface area contributed by atoms with E-state index in [1.54, 1.807) is 41.1 Å². The van der Waals surface area contributed by atoms with Gasteiger partial charge in [0.05, 0.1) is 5.25 Å². The molecule has 0 aromatic heterocycles. The Morgan fingerprint density at radius 1 is 1.12 bits per heavy atom. The number of carbonyl (C=O) groups is 1. The Morgan fingerprint density at radius 2 is 1.80 bits per heavy atom. The Kier molecular flexibility index (Phi) is 13.9. The molecule has 5 rings (SSSR count). The van der Waals surface area contributed by atoms with Gasteiger partial charge >= 0.3 is 0 Å². The molecule has 1 amide bonds. The summed E-state index contributed by atoms with van der Waals surface area (Å²) in [7, 11) is 0. The Balaban J connectivity index is 0.000000223. The van der Waals surface area contributed by atoms with Gasteiger partial charge in [-0.15, -0.1) is 0 Å². The summed E-state index contributed by atoms with van der Waals surface area (Å²) in [5.41, 5.74) is 8.01. The summed E-state index contributed by atoms with van der Waals surface area (Å²) in [5.74, 6) is 0.993. The number of aliphatic hydroxyl groups is 1. The van der Waals surface area contributed by atoms with Crippen molar-refractivity contribution < 1.29 is 9.90 Å². The first kappa shape index (κ1) is 33.8. The van der Waals surface area contributed by atoms with E-state index in [1.807, 2.05) is 20.8 Å². The SMILES string of the molecule is CC.CCNC(=O)[C@@H]1[C@H](CO)[C@H](C(C)N=O)SN1CC1CCCCC1.Cc1ccc2c(c1)C1=C(CCCCC1)C2C. The molecule has 3 aliphatic carbocycles. The van der Waals surface area contributed by atoms with Crippen molar-refractivity contribution in [1.82, 2.24) is 9.62 Å². The lowest BCUT2D eigenvalue weighted by molar-refractivity contribution is -0.126. The molecule has 1 aromatic rings. The minimum atomic E-state index is -0.412. The number of benzene rings is 1. The Morgan fingerprint density at radius 3 is 2.46 bits per heavy atom. The van der Waals surface area contributed by atoms with Crippen molar-refractivity contribution in [2.75, 3.05) is 19.7 Å². The molecule has 230 valence electrons. The Labute approximate surface area is 253 Å². The third kappa shape index (κ3) is 8.23. The predicted molar refractivity (Wildman–Crippen MR) is 174 cm³/mol. The van der Waals surface area contributed by atoms with Gasteiger partial charge in [-0.25, -0.2) is 4.31 Å². The summed E-state index contributed by atoms with van der Waals surface area (Å²) in [6.07, 6.45) is 13.1. The summed E-state index contributed by atoms with van der Waals surface area (Å²) in [5, 5.41) is 15.7. The average Bonchev–Trinajstić information content (AvgIpc) is 3.35. The van der Waals surface area contributed by atoms with Gasteiger partial charge in [0.2, 0.25) is 5.91 Å². The second-order valence-electron chi connectivity index (χ2n) is 12.1. The molecule has 0 bridgehead atoms. The standard InChI is InChI=1S/C16H29N3O3S.C16H20.C2H6/c1-3-17-16(21)14-13(10-20)15(11(2)18-22)23-19(14)9-12-7-5-4-6-8-12;1-11-8-9-14-12(2)13-6-4-3-5-7-15(13)16(14)10-11;1-2/h11-15,20H,3-10H2,1-2H3,(H,17,21);8-10,12H,3-7H2,1-2H3;1-2H3/t11?,13-,14-,15-;;/m0../s1. The number of aryl methyl sites for hydroxylation is 1. The van der Waals surface area contributed by atoms with E-state index in [-0.39, 0.29) is 29.7 Å². The number of nitroso groups, excluding NO2 is 1. The van der Waals surface area contributed by atoms with Gasteiger partial charge in [0.25, 0.3) is 0 Å². The van der Waals surface area contributed by atoms with Crippen molar-refractivity contribution >= 4 is 23.4 Å². The summed E-state index contributed by atoms with van der Waals surface area (Å²) in [4.78, 5) is 23.5. The van der Waals surface area contributed by atoms with Crippen LogP contribution in [0.15, 0.2) is 28.9 Å². The second kappa shape index (κ2) is 16.8. The van der Waals surface area contributed by atoms with Gasteiger partial charge in [-0.1, -0.05) is 92.9 Å². The van der Waals surface area contributed by atoms with Gasteiger partial charge in [0, 0.05) is 31.5 Å². The van der Waals surface area contributed by atoms with Crippen LogP contribution >= 0.6 is 11.9 Å². The van der Waals surface area contributed by atoms with Crippen molar-refractivity contribution in [3.05, 3.63) is 45.4 Å². The van der Waals surface area contributed by atoms with Crippen LogP contribution < -0.4 is 5.32 Å². The zero-order valence-electron chi connectivity index (χ0n) is 26.5. The normalized spacial score (nSPS) is 26.9. The van der Waals surface area contributed by atoms with Crippen molar-refractivity contribution in [2.24, 2.45) is 17.0 Å². The number of hydrogen-bond donors (Lipinski definition) is 2. The summed E-state index contributed by atoms with van der Waals surface area (Å²) >= 11 is 1.55. The van der Waals surface area contributed by atoms with E-state index in [2.05, 4.69) is 46.8 Å². The first-order valence-electron chi connectivity index (χ1n) is 16.4. The molecule has 1 aromatic carbocycles. The van der Waals surface area contributed by atoms with Crippen molar-refractivity contribution in [2.45, 2.75) is 129 Å². The maximum atomic E-state index is 12.5. The van der Waals surface area contributed by atoms with Crippen molar-refractivity contribution in [3.63, 3.8) is 0 Å². The summed E-state index contributed by atoms with van der Waals surface area (Å²) in [6.45, 7) is 13.6. The van der Waals surface area contributed by atoms with Crippen LogP contribution in [0.5, 0.6) is 0 Å². The Hall–Kier alpha value is -1.70. The van der Waals surface area contributed by atoms with E-state index >= 15 is 0 Å². The highest BCUT2D eigenvalue weighted by Crippen LogP contribution is 2.47. The molecule has 6 nitrogen and oxygen atoms in total. The van der Waals surface area contributed by atoms with Crippen molar-refractivity contribution in [3.8, 4) is 0 Å². The fraction of sp³-hybridized carbons (Fsp3) is 0.735. The molecule has 7 heteroatoms. The summed E-state index contributed by atoms with van der Waals surface area (Å²) in [6, 6.07) is 6.23. The van der Waals surface area contributed by atoms with E-state index in [0.717, 1.165) is 6.54 Å². The molecule has 0 spiro atoms. The van der Waals surface area contributed by atoms with Crippen LogP contribution in [0.3, 0.4) is 0 Å². The van der Waals surface area contributed by atoms with Crippen LogP contribution in [-0.2, 0) is 4.79 Å². The topological polar surface area (TPSA) is 82.0 Å². The van der Waals surface area contributed by atoms with E-state index in [4.69, 9.17) is 0 Å². The van der Waals surface area contributed by atoms with Crippen LogP contribution in [0.2, 0.25) is 0 Å². The lowest BCUT2D eigenvalue weighted by atomic mass is 9.88. The molecular formula is C34H55N3O3S. The minimum Gasteiger partial charge on any atom is -0.396 e. The van der Waals surface area contributed by atoms with Gasteiger partial charge in [-0.05, 0) is 81.9 Å². The fourth-order valence-corrected chi connectivity index (χ4v) is 8.79. The molecule has 2 fully saturated rings. The van der Waals surface area contributed by atoms with Crippen LogP contribution in [0.1, 0.15) is 121 Å². The molecule has 2 unspecified atom stereocenters. The van der Waals surface area contributed by atoms with E-state index < -0.39 is 6.04 Å². The highest BCUT2D eigenvalue weighted by Gasteiger charge is 2.49. The molecule has 2 N–H and O–H groups in total. The van der Waals surface area contributed by atoms with Crippen molar-refractivity contribution in [1.29, 1.82) is 0 Å². The van der Waals surface area contributed by atoms with E-state index in [9.17, 15) is 14.8 Å². The molecule has 1 heterocycles. The maximum Gasteiger partial charge on any atom is 0.238 e. The third-order valence-electron chi connectivity index (χ3n) is 9.31. The molecule has 1 saturated carbocycles.